The van der Waals surface area contributed by atoms with E-state index in [2.05, 4.69) is 17.5 Å². The highest BCUT2D eigenvalue weighted by Crippen LogP contribution is 2.64. The zero-order valence-corrected chi connectivity index (χ0v) is 11.8. The van der Waals surface area contributed by atoms with E-state index in [0.717, 1.165) is 30.2 Å². The van der Waals surface area contributed by atoms with Gasteiger partial charge in [-0.1, -0.05) is 6.07 Å². The van der Waals surface area contributed by atoms with Gasteiger partial charge in [-0.25, -0.2) is 0 Å². The number of hydrogen-bond acceptors (Lipinski definition) is 2. The van der Waals surface area contributed by atoms with Gasteiger partial charge in [0.2, 0.25) is 0 Å². The molecule has 0 aromatic carbocycles. The number of hydrogen-bond donors (Lipinski definition) is 1. The van der Waals surface area contributed by atoms with Gasteiger partial charge in [-0.2, -0.15) is 0 Å². The summed E-state index contributed by atoms with van der Waals surface area (Å²) in [5.41, 5.74) is 6.47. The molecule has 4 aliphatic rings. The van der Waals surface area contributed by atoms with Crippen LogP contribution in [0.3, 0.4) is 0 Å². The van der Waals surface area contributed by atoms with Gasteiger partial charge in [0.05, 0.1) is 0 Å². The monoisotopic (exact) mass is 261 g/mol. The summed E-state index contributed by atoms with van der Waals surface area (Å²) in [6, 6.07) is 4.63. The van der Waals surface area contributed by atoms with Crippen LogP contribution in [-0.4, -0.2) is 6.54 Å². The van der Waals surface area contributed by atoms with E-state index in [4.69, 9.17) is 5.73 Å². The first-order valence-electron chi connectivity index (χ1n) is 7.57. The van der Waals surface area contributed by atoms with Crippen molar-refractivity contribution >= 4 is 11.3 Å². The van der Waals surface area contributed by atoms with Crippen LogP contribution in [0.2, 0.25) is 0 Å². The molecule has 0 saturated heterocycles. The van der Waals surface area contributed by atoms with E-state index < -0.39 is 0 Å². The summed E-state index contributed by atoms with van der Waals surface area (Å²) in [6.45, 7) is 0.861. The van der Waals surface area contributed by atoms with Gasteiger partial charge in [-0.3, -0.25) is 0 Å². The van der Waals surface area contributed by atoms with Crippen molar-refractivity contribution in [3.63, 3.8) is 0 Å². The van der Waals surface area contributed by atoms with Gasteiger partial charge in [0.25, 0.3) is 0 Å². The van der Waals surface area contributed by atoms with Gasteiger partial charge in [0, 0.05) is 10.3 Å². The molecule has 0 amide bonds. The number of nitrogens with two attached hydrogens (primary N) is 1. The van der Waals surface area contributed by atoms with Gasteiger partial charge in [-0.15, -0.1) is 11.3 Å². The molecule has 0 spiro atoms. The predicted octanol–water partition coefficient (Wildman–Crippen LogP) is 3.79. The minimum atomic E-state index is 0.469. The second kappa shape index (κ2) is 4.08. The Morgan fingerprint density at radius 3 is 2.28 bits per heavy atom. The third-order valence-electron chi connectivity index (χ3n) is 6.13. The lowest BCUT2D eigenvalue weighted by Crippen LogP contribution is -2.55. The summed E-state index contributed by atoms with van der Waals surface area (Å²) in [6.07, 6.45) is 8.73. The molecule has 2 N–H and O–H groups in total. The molecule has 1 aromatic rings. The van der Waals surface area contributed by atoms with Crippen molar-refractivity contribution in [3.8, 4) is 0 Å². The molecule has 0 atom stereocenters. The summed E-state index contributed by atoms with van der Waals surface area (Å²) in [5, 5.41) is 2.26. The Hall–Kier alpha value is -0.340. The van der Waals surface area contributed by atoms with Crippen LogP contribution in [-0.2, 0) is 5.41 Å². The highest BCUT2D eigenvalue weighted by atomic mass is 32.1. The van der Waals surface area contributed by atoms with Gasteiger partial charge in [-0.05, 0) is 80.2 Å². The van der Waals surface area contributed by atoms with E-state index in [1.54, 1.807) is 4.88 Å². The molecule has 4 bridgehead atoms. The maximum absolute atomic E-state index is 6.00. The lowest BCUT2D eigenvalue weighted by atomic mass is 9.44. The molecule has 1 aromatic heterocycles. The molecule has 98 valence electrons. The fourth-order valence-electron chi connectivity index (χ4n) is 5.74. The summed E-state index contributed by atoms with van der Waals surface area (Å²) in [7, 11) is 0. The molecule has 4 fully saturated rings. The Kier molecular flexibility index (Phi) is 2.60. The molecule has 1 nitrogen and oxygen atoms in total. The average molecular weight is 261 g/mol. The van der Waals surface area contributed by atoms with E-state index in [1.165, 1.54) is 38.5 Å². The molecule has 0 aliphatic heterocycles. The SMILES string of the molecule is NCCC1(c2cccs2)C2CC3CC(C2)CC1C3. The number of thiophene rings is 1. The highest BCUT2D eigenvalue weighted by molar-refractivity contribution is 7.10. The number of rotatable bonds is 3. The third-order valence-corrected chi connectivity index (χ3v) is 7.20. The molecular formula is C16H23NS. The minimum Gasteiger partial charge on any atom is -0.330 e. The standard InChI is InChI=1S/C16H23NS/c17-4-3-16(15-2-1-5-18-15)13-7-11-6-12(9-13)10-14(16)8-11/h1-2,5,11-14H,3-4,6-10,17H2. The van der Waals surface area contributed by atoms with Crippen LogP contribution in [0, 0.1) is 23.7 Å². The Morgan fingerprint density at radius 2 is 1.78 bits per heavy atom. The highest BCUT2D eigenvalue weighted by Gasteiger charge is 2.57. The zero-order valence-electron chi connectivity index (χ0n) is 11.0. The Balaban J connectivity index is 1.79. The van der Waals surface area contributed by atoms with Gasteiger partial charge in [0.15, 0.2) is 0 Å². The molecule has 4 aliphatic carbocycles. The third kappa shape index (κ3) is 1.42. The fourth-order valence-corrected chi connectivity index (χ4v) is 6.86. The topological polar surface area (TPSA) is 26.0 Å². The van der Waals surface area contributed by atoms with Gasteiger partial charge < -0.3 is 5.73 Å². The fraction of sp³-hybridized carbons (Fsp3) is 0.750. The van der Waals surface area contributed by atoms with Crippen molar-refractivity contribution < 1.29 is 0 Å². The van der Waals surface area contributed by atoms with E-state index in [-0.39, 0.29) is 0 Å². The molecule has 4 saturated carbocycles. The first-order chi connectivity index (χ1) is 8.83. The predicted molar refractivity (Wildman–Crippen MR) is 76.7 cm³/mol. The van der Waals surface area contributed by atoms with Crippen molar-refractivity contribution in [1.29, 1.82) is 0 Å². The summed E-state index contributed by atoms with van der Waals surface area (Å²) < 4.78 is 0. The normalized spacial score (nSPS) is 45.6. The molecule has 18 heavy (non-hydrogen) atoms. The van der Waals surface area contributed by atoms with E-state index in [1.807, 2.05) is 11.3 Å². The Bertz CT molecular complexity index is 394. The molecular weight excluding hydrogens is 238 g/mol. The second-order valence-corrected chi connectivity index (χ2v) is 7.81. The first kappa shape index (κ1) is 11.5. The van der Waals surface area contributed by atoms with Gasteiger partial charge >= 0.3 is 0 Å². The van der Waals surface area contributed by atoms with Crippen LogP contribution in [0.4, 0.5) is 0 Å². The average Bonchev–Trinajstić information content (AvgIpc) is 2.87. The Morgan fingerprint density at radius 1 is 1.11 bits per heavy atom. The van der Waals surface area contributed by atoms with Crippen LogP contribution in [0.15, 0.2) is 17.5 Å². The zero-order chi connectivity index (χ0) is 12.2. The molecule has 0 unspecified atom stereocenters. The molecule has 0 radical (unpaired) electrons. The summed E-state index contributed by atoms with van der Waals surface area (Å²) in [4.78, 5) is 1.65. The lowest BCUT2D eigenvalue weighted by Gasteiger charge is -2.61. The maximum Gasteiger partial charge on any atom is 0.0116 e. The van der Waals surface area contributed by atoms with Crippen molar-refractivity contribution in [3.05, 3.63) is 22.4 Å². The van der Waals surface area contributed by atoms with E-state index in [0.29, 0.717) is 5.41 Å². The minimum absolute atomic E-state index is 0.469. The van der Waals surface area contributed by atoms with Gasteiger partial charge in [0.1, 0.15) is 0 Å². The molecule has 5 rings (SSSR count). The van der Waals surface area contributed by atoms with Crippen LogP contribution in [0.25, 0.3) is 0 Å². The smallest absolute Gasteiger partial charge is 0.0116 e. The van der Waals surface area contributed by atoms with Crippen molar-refractivity contribution in [2.75, 3.05) is 6.54 Å². The van der Waals surface area contributed by atoms with Crippen LogP contribution in [0.5, 0.6) is 0 Å². The van der Waals surface area contributed by atoms with Crippen LogP contribution < -0.4 is 5.73 Å². The molecule has 1 heterocycles. The first-order valence-corrected chi connectivity index (χ1v) is 8.45. The van der Waals surface area contributed by atoms with Crippen LogP contribution in [0.1, 0.15) is 43.4 Å². The second-order valence-electron chi connectivity index (χ2n) is 6.86. The Labute approximate surface area is 114 Å². The van der Waals surface area contributed by atoms with Crippen molar-refractivity contribution in [2.24, 2.45) is 29.4 Å². The van der Waals surface area contributed by atoms with E-state index >= 15 is 0 Å². The summed E-state index contributed by atoms with van der Waals surface area (Å²) >= 11 is 1.99. The summed E-state index contributed by atoms with van der Waals surface area (Å²) in [5.74, 6) is 3.99. The quantitative estimate of drug-likeness (QED) is 0.880. The molecule has 2 heteroatoms. The lowest BCUT2D eigenvalue weighted by molar-refractivity contribution is -0.0622. The maximum atomic E-state index is 6.00. The van der Waals surface area contributed by atoms with Crippen molar-refractivity contribution in [2.45, 2.75) is 43.9 Å². The van der Waals surface area contributed by atoms with Crippen molar-refractivity contribution in [1.82, 2.24) is 0 Å². The van der Waals surface area contributed by atoms with E-state index in [9.17, 15) is 0 Å². The van der Waals surface area contributed by atoms with Crippen LogP contribution >= 0.6 is 11.3 Å². The largest absolute Gasteiger partial charge is 0.330 e.